The number of hydrogen-bond donors (Lipinski definition) is 3. The van der Waals surface area contributed by atoms with Crippen molar-refractivity contribution in [3.63, 3.8) is 0 Å². The predicted molar refractivity (Wildman–Crippen MR) is 74.4 cm³/mol. The first-order chi connectivity index (χ1) is 8.24. The van der Waals surface area contributed by atoms with Gasteiger partial charge in [0.15, 0.2) is 5.11 Å². The van der Waals surface area contributed by atoms with Gasteiger partial charge in [-0.2, -0.15) is 0 Å². The summed E-state index contributed by atoms with van der Waals surface area (Å²) in [6.07, 6.45) is 6.33. The summed E-state index contributed by atoms with van der Waals surface area (Å²) in [6, 6.07) is 0.519. The normalized spacial score (nSPS) is 16.7. The smallest absolute Gasteiger partial charge is 0.304 e. The van der Waals surface area contributed by atoms with Crippen LogP contribution in [0.5, 0.6) is 0 Å². The quantitative estimate of drug-likeness (QED) is 0.733. The van der Waals surface area contributed by atoms with Crippen molar-refractivity contribution in [3.05, 3.63) is 20.7 Å². The molecule has 94 valence electrons. The Kier molecular flexibility index (Phi) is 4.56. The van der Waals surface area contributed by atoms with Crippen LogP contribution in [0.3, 0.4) is 0 Å². The largest absolute Gasteiger partial charge is 0.360 e. The van der Waals surface area contributed by atoms with Gasteiger partial charge in [0.25, 0.3) is 0 Å². The molecule has 1 aromatic heterocycles. The molecule has 1 aliphatic rings. The Morgan fingerprint density at radius 3 is 2.88 bits per heavy atom. The molecule has 0 radical (unpaired) electrons. The van der Waals surface area contributed by atoms with E-state index >= 15 is 0 Å². The molecule has 0 aromatic carbocycles. The van der Waals surface area contributed by atoms with E-state index in [0.29, 0.717) is 17.7 Å². The average Bonchev–Trinajstić information content (AvgIpc) is 2.74. The Morgan fingerprint density at radius 1 is 1.47 bits per heavy atom. The van der Waals surface area contributed by atoms with Gasteiger partial charge in [-0.05, 0) is 25.1 Å². The summed E-state index contributed by atoms with van der Waals surface area (Å²) >= 11 is 6.41. The van der Waals surface area contributed by atoms with E-state index < -0.39 is 0 Å². The molecule has 4 nitrogen and oxygen atoms in total. The van der Waals surface area contributed by atoms with E-state index in [1.165, 1.54) is 43.4 Å². The maximum Gasteiger partial charge on any atom is 0.304 e. The highest BCUT2D eigenvalue weighted by molar-refractivity contribution is 7.80. The maximum absolute atomic E-state index is 10.9. The molecular formula is C11H17N3OS2. The average molecular weight is 271 g/mol. The van der Waals surface area contributed by atoms with E-state index in [9.17, 15) is 4.79 Å². The van der Waals surface area contributed by atoms with E-state index in [0.717, 1.165) is 5.69 Å². The molecule has 1 heterocycles. The Labute approximate surface area is 110 Å². The van der Waals surface area contributed by atoms with Crippen molar-refractivity contribution in [1.29, 1.82) is 0 Å². The van der Waals surface area contributed by atoms with Crippen molar-refractivity contribution in [1.82, 2.24) is 15.6 Å². The number of nitrogens with one attached hydrogen (secondary N) is 3. The van der Waals surface area contributed by atoms with E-state index in [1.54, 1.807) is 0 Å². The van der Waals surface area contributed by atoms with Gasteiger partial charge in [0.1, 0.15) is 0 Å². The molecule has 0 spiro atoms. The SMILES string of the molecule is O=c1[nH]c(CNC(=S)NC2CCCCC2)cs1. The fourth-order valence-electron chi connectivity index (χ4n) is 2.06. The molecule has 0 saturated heterocycles. The van der Waals surface area contributed by atoms with Crippen LogP contribution in [0.1, 0.15) is 37.8 Å². The lowest BCUT2D eigenvalue weighted by molar-refractivity contribution is 0.412. The summed E-state index contributed by atoms with van der Waals surface area (Å²) < 4.78 is 0. The lowest BCUT2D eigenvalue weighted by atomic mass is 9.96. The van der Waals surface area contributed by atoms with Gasteiger partial charge in [-0.15, -0.1) is 0 Å². The second kappa shape index (κ2) is 6.16. The number of aromatic nitrogens is 1. The summed E-state index contributed by atoms with van der Waals surface area (Å²) in [5, 5.41) is 8.95. The highest BCUT2D eigenvalue weighted by Gasteiger charge is 2.13. The third kappa shape index (κ3) is 4.12. The summed E-state index contributed by atoms with van der Waals surface area (Å²) in [5.41, 5.74) is 0.882. The number of aromatic amines is 1. The number of rotatable bonds is 3. The van der Waals surface area contributed by atoms with Crippen LogP contribution in [0.4, 0.5) is 0 Å². The molecule has 1 fully saturated rings. The first-order valence-corrected chi connectivity index (χ1v) is 7.24. The molecule has 0 unspecified atom stereocenters. The fraction of sp³-hybridized carbons (Fsp3) is 0.636. The number of thiocarbonyl (C=S) groups is 1. The summed E-state index contributed by atoms with van der Waals surface area (Å²) in [6.45, 7) is 0.581. The Balaban J connectivity index is 1.71. The molecule has 0 aliphatic heterocycles. The second-order valence-electron chi connectivity index (χ2n) is 4.34. The summed E-state index contributed by atoms with van der Waals surface area (Å²) in [5.74, 6) is 0. The third-order valence-electron chi connectivity index (χ3n) is 2.95. The lowest BCUT2D eigenvalue weighted by Crippen LogP contribution is -2.42. The van der Waals surface area contributed by atoms with Crippen LogP contribution in [-0.4, -0.2) is 16.1 Å². The lowest BCUT2D eigenvalue weighted by Gasteiger charge is -2.24. The van der Waals surface area contributed by atoms with Gasteiger partial charge in [-0.25, -0.2) is 0 Å². The molecule has 3 N–H and O–H groups in total. The number of H-pyrrole nitrogens is 1. The van der Waals surface area contributed by atoms with E-state index in [1.807, 2.05) is 5.38 Å². The minimum atomic E-state index is -0.0204. The topological polar surface area (TPSA) is 56.9 Å². The zero-order valence-electron chi connectivity index (χ0n) is 9.62. The molecule has 0 bridgehead atoms. The van der Waals surface area contributed by atoms with Crippen LogP contribution in [0, 0.1) is 0 Å². The van der Waals surface area contributed by atoms with Gasteiger partial charge in [0.2, 0.25) is 0 Å². The Morgan fingerprint density at radius 2 is 2.24 bits per heavy atom. The molecule has 2 rings (SSSR count). The number of hydrogen-bond acceptors (Lipinski definition) is 3. The third-order valence-corrected chi connectivity index (χ3v) is 3.93. The predicted octanol–water partition coefficient (Wildman–Crippen LogP) is 1.73. The molecule has 0 atom stereocenters. The van der Waals surface area contributed by atoms with E-state index in [-0.39, 0.29) is 4.87 Å². The van der Waals surface area contributed by atoms with Crippen molar-refractivity contribution in [2.75, 3.05) is 0 Å². The monoisotopic (exact) mass is 271 g/mol. The Hall–Kier alpha value is -0.880. The minimum Gasteiger partial charge on any atom is -0.360 e. The van der Waals surface area contributed by atoms with Crippen molar-refractivity contribution in [3.8, 4) is 0 Å². The van der Waals surface area contributed by atoms with Crippen molar-refractivity contribution in [2.45, 2.75) is 44.7 Å². The minimum absolute atomic E-state index is 0.0204. The van der Waals surface area contributed by atoms with E-state index in [2.05, 4.69) is 15.6 Å². The Bertz CT molecular complexity index is 420. The van der Waals surface area contributed by atoms with Crippen LogP contribution in [0.25, 0.3) is 0 Å². The van der Waals surface area contributed by atoms with Gasteiger partial charge in [0, 0.05) is 17.1 Å². The van der Waals surface area contributed by atoms with Crippen LogP contribution >= 0.6 is 23.6 Å². The molecule has 1 saturated carbocycles. The second-order valence-corrected chi connectivity index (χ2v) is 5.59. The van der Waals surface area contributed by atoms with Crippen molar-refractivity contribution < 1.29 is 0 Å². The fourth-order valence-corrected chi connectivity index (χ4v) is 2.88. The van der Waals surface area contributed by atoms with Crippen molar-refractivity contribution in [2.24, 2.45) is 0 Å². The number of thiazole rings is 1. The zero-order chi connectivity index (χ0) is 12.1. The van der Waals surface area contributed by atoms with Gasteiger partial charge in [-0.1, -0.05) is 30.6 Å². The summed E-state index contributed by atoms with van der Waals surface area (Å²) in [7, 11) is 0. The molecule has 1 aromatic rings. The van der Waals surface area contributed by atoms with Crippen LogP contribution in [0.2, 0.25) is 0 Å². The molecular weight excluding hydrogens is 254 g/mol. The van der Waals surface area contributed by atoms with Crippen molar-refractivity contribution >= 4 is 28.7 Å². The molecule has 1 aliphatic carbocycles. The van der Waals surface area contributed by atoms with Crippen LogP contribution < -0.4 is 15.5 Å². The first kappa shape index (κ1) is 12.6. The van der Waals surface area contributed by atoms with Gasteiger partial charge >= 0.3 is 4.87 Å². The highest BCUT2D eigenvalue weighted by Crippen LogP contribution is 2.17. The van der Waals surface area contributed by atoms with Gasteiger partial charge < -0.3 is 15.6 Å². The van der Waals surface area contributed by atoms with Gasteiger partial charge in [-0.3, -0.25) is 4.79 Å². The maximum atomic E-state index is 10.9. The molecule has 17 heavy (non-hydrogen) atoms. The van der Waals surface area contributed by atoms with Gasteiger partial charge in [0.05, 0.1) is 6.54 Å². The summed E-state index contributed by atoms with van der Waals surface area (Å²) in [4.78, 5) is 13.7. The van der Waals surface area contributed by atoms with Crippen LogP contribution in [0.15, 0.2) is 10.2 Å². The zero-order valence-corrected chi connectivity index (χ0v) is 11.3. The molecule has 0 amide bonds. The molecule has 6 heteroatoms. The first-order valence-electron chi connectivity index (χ1n) is 5.95. The van der Waals surface area contributed by atoms with E-state index in [4.69, 9.17) is 12.2 Å². The highest BCUT2D eigenvalue weighted by atomic mass is 32.1. The van der Waals surface area contributed by atoms with Crippen LogP contribution in [-0.2, 0) is 6.54 Å². The standard InChI is InChI=1S/C11H17N3OS2/c15-11-14-9(7-17-11)6-12-10(16)13-8-4-2-1-3-5-8/h7-8H,1-6H2,(H,14,15)(H2,12,13,16).